The first kappa shape index (κ1) is 32.8. The van der Waals surface area contributed by atoms with Gasteiger partial charge in [0.25, 0.3) is 5.91 Å². The number of hydrogen-bond acceptors (Lipinski definition) is 5. The van der Waals surface area contributed by atoms with Crippen LogP contribution in [0.5, 0.6) is 0 Å². The molecule has 0 aliphatic carbocycles. The molecule has 0 aliphatic heterocycles. The lowest BCUT2D eigenvalue weighted by Crippen LogP contribution is -2.27. The van der Waals surface area contributed by atoms with Crippen molar-refractivity contribution < 1.29 is 14.3 Å². The average Bonchev–Trinajstić information content (AvgIpc) is 3.41. The zero-order valence-electron chi connectivity index (χ0n) is 27.3. The third kappa shape index (κ3) is 8.37. The fourth-order valence-electron chi connectivity index (χ4n) is 5.54. The van der Waals surface area contributed by atoms with Crippen molar-refractivity contribution in [2.45, 2.75) is 34.2 Å². The number of benzene rings is 4. The number of aryl methyl sites for hydroxylation is 4. The van der Waals surface area contributed by atoms with Crippen molar-refractivity contribution in [3.05, 3.63) is 124 Å². The van der Waals surface area contributed by atoms with E-state index in [-0.39, 0.29) is 5.91 Å². The average molecular weight is 617 g/mol. The van der Waals surface area contributed by atoms with E-state index in [4.69, 9.17) is 20.2 Å². The maximum Gasteiger partial charge on any atom is 0.251 e. The van der Waals surface area contributed by atoms with Crippen LogP contribution in [0, 0.1) is 27.7 Å². The maximum absolute atomic E-state index is 12.8. The fraction of sp³-hybridized carbons (Fsp3) is 0.282. The van der Waals surface area contributed by atoms with Crippen molar-refractivity contribution in [3.63, 3.8) is 0 Å². The third-order valence-corrected chi connectivity index (χ3v) is 7.82. The van der Waals surface area contributed by atoms with Crippen molar-refractivity contribution in [2.24, 2.45) is 5.73 Å². The van der Waals surface area contributed by atoms with Crippen molar-refractivity contribution >= 4 is 5.91 Å². The standard InChI is InChI=1S/C39H44N4O3/c1-27-5-11-32(12-6-27)36-37(33-13-7-28(2)8-14-33)43(38(42-36)35-24-29(3)23-30(4)25-35)26-31-9-15-34(16-10-31)39(44)41-18-20-46-22-21-45-19-17-40/h5-16,23-25H,17-22,26,40H2,1-4H3,(H,41,44). The summed E-state index contributed by atoms with van der Waals surface area (Å²) < 4.78 is 13.1. The van der Waals surface area contributed by atoms with Crippen molar-refractivity contribution in [3.8, 4) is 33.9 Å². The molecule has 5 aromatic rings. The van der Waals surface area contributed by atoms with Crippen LogP contribution in [0.1, 0.15) is 38.2 Å². The van der Waals surface area contributed by atoms with Gasteiger partial charge in [0, 0.05) is 41.9 Å². The second-order valence-corrected chi connectivity index (χ2v) is 11.8. The van der Waals surface area contributed by atoms with Crippen LogP contribution in [-0.2, 0) is 16.0 Å². The first-order valence-corrected chi connectivity index (χ1v) is 15.9. The normalized spacial score (nSPS) is 11.2. The van der Waals surface area contributed by atoms with Gasteiger partial charge in [-0.2, -0.15) is 0 Å². The molecule has 0 fully saturated rings. The number of ether oxygens (including phenoxy) is 2. The molecular weight excluding hydrogens is 572 g/mol. The topological polar surface area (TPSA) is 91.4 Å². The molecule has 1 amide bonds. The van der Waals surface area contributed by atoms with Gasteiger partial charge in [-0.1, -0.05) is 89.0 Å². The van der Waals surface area contributed by atoms with E-state index in [2.05, 4.69) is 104 Å². The van der Waals surface area contributed by atoms with Crippen molar-refractivity contribution in [1.82, 2.24) is 14.9 Å². The van der Waals surface area contributed by atoms with Gasteiger partial charge in [0.05, 0.1) is 37.8 Å². The Balaban J connectivity index is 1.45. The number of imidazole rings is 1. The van der Waals surface area contributed by atoms with Crippen LogP contribution in [0.3, 0.4) is 0 Å². The molecule has 7 nitrogen and oxygen atoms in total. The number of nitrogens with one attached hydrogen (secondary N) is 1. The number of amides is 1. The van der Waals surface area contributed by atoms with E-state index in [0.29, 0.717) is 51.6 Å². The summed E-state index contributed by atoms with van der Waals surface area (Å²) >= 11 is 0. The maximum atomic E-state index is 12.8. The molecule has 4 aromatic carbocycles. The molecule has 0 saturated heterocycles. The Morgan fingerprint density at radius 1 is 0.696 bits per heavy atom. The summed E-state index contributed by atoms with van der Waals surface area (Å²) in [6.07, 6.45) is 0. The van der Waals surface area contributed by atoms with Gasteiger partial charge in [0.2, 0.25) is 0 Å². The summed E-state index contributed by atoms with van der Waals surface area (Å²) in [5.74, 6) is 0.781. The summed E-state index contributed by atoms with van der Waals surface area (Å²) in [6, 6.07) is 31.6. The van der Waals surface area contributed by atoms with E-state index in [9.17, 15) is 4.79 Å². The van der Waals surface area contributed by atoms with E-state index >= 15 is 0 Å². The van der Waals surface area contributed by atoms with Gasteiger partial charge in [0.1, 0.15) is 5.82 Å². The number of rotatable bonds is 14. The van der Waals surface area contributed by atoms with E-state index in [1.807, 2.05) is 24.3 Å². The first-order valence-electron chi connectivity index (χ1n) is 15.9. The lowest BCUT2D eigenvalue weighted by molar-refractivity contribution is 0.0511. The second-order valence-electron chi connectivity index (χ2n) is 11.8. The molecule has 1 aromatic heterocycles. The smallest absolute Gasteiger partial charge is 0.251 e. The molecule has 0 saturated carbocycles. The number of carbonyl (C=O) groups excluding carboxylic acids is 1. The van der Waals surface area contributed by atoms with Gasteiger partial charge in [-0.25, -0.2) is 4.98 Å². The van der Waals surface area contributed by atoms with Crippen LogP contribution in [-0.4, -0.2) is 55.0 Å². The van der Waals surface area contributed by atoms with Gasteiger partial charge in [-0.05, 0) is 57.5 Å². The van der Waals surface area contributed by atoms with Gasteiger partial charge in [-0.15, -0.1) is 0 Å². The molecule has 1 heterocycles. The number of aromatic nitrogens is 2. The SMILES string of the molecule is Cc1ccc(-c2nc(-c3cc(C)cc(C)c3)n(Cc3ccc(C(=O)NCCOCCOCCN)cc3)c2-c2ccc(C)cc2)cc1. The number of nitrogens with two attached hydrogens (primary N) is 1. The predicted molar refractivity (Wildman–Crippen MR) is 186 cm³/mol. The molecule has 0 bridgehead atoms. The highest BCUT2D eigenvalue weighted by Crippen LogP contribution is 2.37. The van der Waals surface area contributed by atoms with Crippen LogP contribution in [0.2, 0.25) is 0 Å². The first-order chi connectivity index (χ1) is 22.3. The summed E-state index contributed by atoms with van der Waals surface area (Å²) in [6.45, 7) is 11.9. The van der Waals surface area contributed by atoms with E-state index < -0.39 is 0 Å². The highest BCUT2D eigenvalue weighted by molar-refractivity contribution is 5.94. The highest BCUT2D eigenvalue weighted by Gasteiger charge is 2.22. The number of carbonyl (C=O) groups is 1. The molecule has 0 radical (unpaired) electrons. The zero-order valence-corrected chi connectivity index (χ0v) is 27.3. The van der Waals surface area contributed by atoms with Crippen LogP contribution in [0.25, 0.3) is 33.9 Å². The van der Waals surface area contributed by atoms with Crippen LogP contribution in [0.4, 0.5) is 0 Å². The van der Waals surface area contributed by atoms with E-state index in [1.165, 1.54) is 22.3 Å². The third-order valence-electron chi connectivity index (χ3n) is 7.82. The molecule has 238 valence electrons. The Hall–Kier alpha value is -4.56. The Labute approximate surface area is 272 Å². The molecule has 5 rings (SSSR count). The minimum Gasteiger partial charge on any atom is -0.378 e. The molecule has 7 heteroatoms. The molecule has 0 aliphatic rings. The van der Waals surface area contributed by atoms with Gasteiger partial charge >= 0.3 is 0 Å². The minimum absolute atomic E-state index is 0.130. The number of nitrogens with zero attached hydrogens (tertiary/aromatic N) is 2. The van der Waals surface area contributed by atoms with Crippen LogP contribution >= 0.6 is 0 Å². The Morgan fingerprint density at radius 2 is 1.28 bits per heavy atom. The minimum atomic E-state index is -0.130. The van der Waals surface area contributed by atoms with Crippen molar-refractivity contribution in [2.75, 3.05) is 39.5 Å². The molecule has 3 N–H and O–H groups in total. The Morgan fingerprint density at radius 3 is 1.89 bits per heavy atom. The summed E-state index contributed by atoms with van der Waals surface area (Å²) in [7, 11) is 0. The monoisotopic (exact) mass is 616 g/mol. The molecule has 46 heavy (non-hydrogen) atoms. The lowest BCUT2D eigenvalue weighted by atomic mass is 10.0. The Bertz CT molecular complexity index is 1720. The van der Waals surface area contributed by atoms with Gasteiger partial charge < -0.3 is 25.1 Å². The summed E-state index contributed by atoms with van der Waals surface area (Å²) in [4.78, 5) is 18.2. The quantitative estimate of drug-likeness (QED) is 0.133. The van der Waals surface area contributed by atoms with Gasteiger partial charge in [0.15, 0.2) is 0 Å². The Kier molecular flexibility index (Phi) is 11.2. The molecular formula is C39H44N4O3. The van der Waals surface area contributed by atoms with Crippen LogP contribution < -0.4 is 11.1 Å². The van der Waals surface area contributed by atoms with Gasteiger partial charge in [-0.3, -0.25) is 4.79 Å². The van der Waals surface area contributed by atoms with E-state index in [1.54, 1.807) is 0 Å². The van der Waals surface area contributed by atoms with Crippen LogP contribution in [0.15, 0.2) is 91.0 Å². The molecule has 0 unspecified atom stereocenters. The lowest BCUT2D eigenvalue weighted by Gasteiger charge is -2.15. The summed E-state index contributed by atoms with van der Waals surface area (Å²) in [5, 5.41) is 2.93. The van der Waals surface area contributed by atoms with E-state index in [0.717, 1.165) is 39.5 Å². The molecule has 0 atom stereocenters. The van der Waals surface area contributed by atoms with Crippen molar-refractivity contribution in [1.29, 1.82) is 0 Å². The zero-order chi connectivity index (χ0) is 32.5. The summed E-state index contributed by atoms with van der Waals surface area (Å²) in [5.41, 5.74) is 17.2. The predicted octanol–water partition coefficient (Wildman–Crippen LogP) is 6.89. The molecule has 0 spiro atoms. The largest absolute Gasteiger partial charge is 0.378 e. The second kappa shape index (κ2) is 15.6. The highest BCUT2D eigenvalue weighted by atomic mass is 16.5. The fourth-order valence-corrected chi connectivity index (χ4v) is 5.54. The number of hydrogen-bond donors (Lipinski definition) is 2.